The van der Waals surface area contributed by atoms with Crippen molar-refractivity contribution in [3.05, 3.63) is 93.8 Å². The fourth-order valence-electron chi connectivity index (χ4n) is 4.13. The van der Waals surface area contributed by atoms with Gasteiger partial charge in [-0.1, -0.05) is 24.3 Å². The summed E-state index contributed by atoms with van der Waals surface area (Å²) in [4.78, 5) is 11.3. The van der Waals surface area contributed by atoms with Crippen LogP contribution in [0.1, 0.15) is 50.4 Å². The molecule has 0 radical (unpaired) electrons. The Morgan fingerprint density at radius 1 is 0.923 bits per heavy atom. The first kappa shape index (κ1) is 15.3. The van der Waals surface area contributed by atoms with Crippen LogP contribution in [0.4, 0.5) is 4.39 Å². The zero-order valence-electron chi connectivity index (χ0n) is 14.0. The first-order chi connectivity index (χ1) is 12.5. The normalized spacial score (nSPS) is 19.3. The minimum absolute atomic E-state index is 0.174. The number of rotatable bonds is 2. The number of hydrogen-bond acceptors (Lipinski definition) is 2. The first-order valence-corrected chi connectivity index (χ1v) is 8.46. The van der Waals surface area contributed by atoms with Crippen LogP contribution in [0, 0.1) is 12.7 Å². The lowest BCUT2D eigenvalue weighted by Gasteiger charge is -2.19. The van der Waals surface area contributed by atoms with E-state index >= 15 is 0 Å². The lowest BCUT2D eigenvalue weighted by molar-refractivity contribution is 0.0696. The van der Waals surface area contributed by atoms with Crippen LogP contribution >= 0.6 is 0 Å². The van der Waals surface area contributed by atoms with E-state index in [4.69, 9.17) is 4.74 Å². The second kappa shape index (κ2) is 5.26. The molecule has 0 aliphatic carbocycles. The standard InChI is InChI=1S/C22H15FO3/c1-11-8-14(12-2-5-15(23)6-3-12)10-18-19(11)21-17-9-13(22(24)25)4-7-16(17)20(18)26-21/h2-10,20-21H,1H3,(H,24,25). The molecule has 3 aromatic rings. The summed E-state index contributed by atoms with van der Waals surface area (Å²) in [5.74, 6) is -1.18. The van der Waals surface area contributed by atoms with Crippen LogP contribution < -0.4 is 0 Å². The number of fused-ring (bicyclic) bond motifs is 8. The van der Waals surface area contributed by atoms with Gasteiger partial charge in [-0.3, -0.25) is 0 Å². The molecule has 5 rings (SSSR count). The molecule has 0 saturated carbocycles. The molecule has 3 nitrogen and oxygen atoms in total. The highest BCUT2D eigenvalue weighted by Crippen LogP contribution is 2.55. The summed E-state index contributed by atoms with van der Waals surface area (Å²) in [6, 6.07) is 15.9. The number of carboxylic acid groups (broad SMARTS) is 1. The van der Waals surface area contributed by atoms with Crippen molar-refractivity contribution < 1.29 is 19.0 Å². The molecule has 2 atom stereocenters. The lowest BCUT2D eigenvalue weighted by Crippen LogP contribution is -2.07. The van der Waals surface area contributed by atoms with Gasteiger partial charge in [0.2, 0.25) is 0 Å². The van der Waals surface area contributed by atoms with E-state index in [0.717, 1.165) is 38.9 Å². The summed E-state index contributed by atoms with van der Waals surface area (Å²) in [7, 11) is 0. The van der Waals surface area contributed by atoms with Gasteiger partial charge < -0.3 is 9.84 Å². The molecule has 128 valence electrons. The van der Waals surface area contributed by atoms with Gasteiger partial charge in [0.15, 0.2) is 0 Å². The molecule has 26 heavy (non-hydrogen) atoms. The third-order valence-electron chi connectivity index (χ3n) is 5.31. The van der Waals surface area contributed by atoms with Gasteiger partial charge in [0.25, 0.3) is 0 Å². The van der Waals surface area contributed by atoms with E-state index in [1.54, 1.807) is 24.3 Å². The van der Waals surface area contributed by atoms with Gasteiger partial charge in [0.05, 0.1) is 5.56 Å². The predicted molar refractivity (Wildman–Crippen MR) is 94.7 cm³/mol. The van der Waals surface area contributed by atoms with E-state index in [-0.39, 0.29) is 23.6 Å². The summed E-state index contributed by atoms with van der Waals surface area (Å²) in [5.41, 5.74) is 7.58. The van der Waals surface area contributed by atoms with Crippen LogP contribution in [0.5, 0.6) is 0 Å². The number of ether oxygens (including phenoxy) is 1. The maximum absolute atomic E-state index is 13.2. The van der Waals surface area contributed by atoms with Gasteiger partial charge in [-0.2, -0.15) is 0 Å². The van der Waals surface area contributed by atoms with Crippen molar-refractivity contribution >= 4 is 5.97 Å². The summed E-state index contributed by atoms with van der Waals surface area (Å²) in [6.45, 7) is 2.04. The summed E-state index contributed by atoms with van der Waals surface area (Å²) in [5, 5.41) is 9.25. The van der Waals surface area contributed by atoms with Crippen LogP contribution in [-0.4, -0.2) is 11.1 Å². The van der Waals surface area contributed by atoms with Crippen LogP contribution in [0.25, 0.3) is 11.1 Å². The largest absolute Gasteiger partial charge is 0.478 e. The molecule has 1 N–H and O–H groups in total. The van der Waals surface area contributed by atoms with Crippen molar-refractivity contribution in [3.63, 3.8) is 0 Å². The van der Waals surface area contributed by atoms with Gasteiger partial charge in [-0.15, -0.1) is 0 Å². The second-order valence-corrected chi connectivity index (χ2v) is 6.85. The van der Waals surface area contributed by atoms with Crippen molar-refractivity contribution in [1.82, 2.24) is 0 Å². The number of carbonyl (C=O) groups is 1. The van der Waals surface area contributed by atoms with Crippen LogP contribution in [0.2, 0.25) is 0 Å². The second-order valence-electron chi connectivity index (χ2n) is 6.85. The maximum Gasteiger partial charge on any atom is 0.335 e. The Morgan fingerprint density at radius 3 is 2.42 bits per heavy atom. The molecule has 2 unspecified atom stereocenters. The Labute approximate surface area is 149 Å². The molecule has 3 aromatic carbocycles. The molecular formula is C22H15FO3. The highest BCUT2D eigenvalue weighted by Gasteiger charge is 2.44. The summed E-state index contributed by atoms with van der Waals surface area (Å²) >= 11 is 0. The Kier molecular flexibility index (Phi) is 3.09. The van der Waals surface area contributed by atoms with Crippen LogP contribution in [0.15, 0.2) is 54.6 Å². The number of aryl methyl sites for hydroxylation is 1. The van der Waals surface area contributed by atoms with E-state index in [1.807, 2.05) is 13.0 Å². The quantitative estimate of drug-likeness (QED) is 0.708. The zero-order valence-corrected chi connectivity index (χ0v) is 14.0. The minimum Gasteiger partial charge on any atom is -0.478 e. The Balaban J connectivity index is 1.64. The average Bonchev–Trinajstić information content (AvgIpc) is 3.19. The van der Waals surface area contributed by atoms with Gasteiger partial charge in [-0.25, -0.2) is 9.18 Å². The molecule has 2 aliphatic heterocycles. The van der Waals surface area contributed by atoms with Gasteiger partial charge in [0, 0.05) is 0 Å². The lowest BCUT2D eigenvalue weighted by atomic mass is 9.81. The number of halogens is 1. The van der Waals surface area contributed by atoms with Gasteiger partial charge in [-0.05, 0) is 76.2 Å². The number of aromatic carboxylic acids is 1. The molecule has 2 bridgehead atoms. The average molecular weight is 346 g/mol. The third-order valence-corrected chi connectivity index (χ3v) is 5.31. The van der Waals surface area contributed by atoms with Crippen LogP contribution in [0.3, 0.4) is 0 Å². The molecule has 0 spiro atoms. The van der Waals surface area contributed by atoms with Gasteiger partial charge in [0.1, 0.15) is 18.0 Å². The number of hydrogen-bond donors (Lipinski definition) is 1. The van der Waals surface area contributed by atoms with Crippen molar-refractivity contribution in [1.29, 1.82) is 0 Å². The summed E-state index contributed by atoms with van der Waals surface area (Å²) < 4.78 is 19.4. The molecule has 0 amide bonds. The van der Waals surface area contributed by atoms with Crippen molar-refractivity contribution in [2.24, 2.45) is 0 Å². The SMILES string of the molecule is Cc1cc(-c2ccc(F)cc2)cc2c1C1OC2c2ccc(C(=O)O)cc21. The van der Waals surface area contributed by atoms with E-state index in [1.165, 1.54) is 12.1 Å². The van der Waals surface area contributed by atoms with Gasteiger partial charge >= 0.3 is 5.97 Å². The van der Waals surface area contributed by atoms with E-state index in [2.05, 4.69) is 12.1 Å². The molecular weight excluding hydrogens is 331 g/mol. The smallest absolute Gasteiger partial charge is 0.335 e. The Morgan fingerprint density at radius 2 is 1.69 bits per heavy atom. The first-order valence-electron chi connectivity index (χ1n) is 8.46. The highest BCUT2D eigenvalue weighted by molar-refractivity contribution is 5.88. The highest BCUT2D eigenvalue weighted by atomic mass is 19.1. The Bertz CT molecular complexity index is 1070. The molecule has 0 saturated heterocycles. The molecule has 2 aliphatic rings. The third kappa shape index (κ3) is 2.06. The predicted octanol–water partition coefficient (Wildman–Crippen LogP) is 5.02. The van der Waals surface area contributed by atoms with Crippen molar-refractivity contribution in [2.45, 2.75) is 19.1 Å². The van der Waals surface area contributed by atoms with E-state index in [0.29, 0.717) is 0 Å². The minimum atomic E-state index is -0.931. The van der Waals surface area contributed by atoms with Crippen molar-refractivity contribution in [2.75, 3.05) is 0 Å². The monoisotopic (exact) mass is 346 g/mol. The van der Waals surface area contributed by atoms with Crippen molar-refractivity contribution in [3.8, 4) is 11.1 Å². The molecule has 2 heterocycles. The summed E-state index contributed by atoms with van der Waals surface area (Å²) in [6.07, 6.45) is -0.390. The van der Waals surface area contributed by atoms with Crippen LogP contribution in [-0.2, 0) is 4.74 Å². The van der Waals surface area contributed by atoms with E-state index in [9.17, 15) is 14.3 Å². The molecule has 4 heteroatoms. The van der Waals surface area contributed by atoms with E-state index < -0.39 is 5.97 Å². The topological polar surface area (TPSA) is 46.5 Å². The Hall–Kier alpha value is -2.98. The molecule has 0 aromatic heterocycles. The zero-order chi connectivity index (χ0) is 18.0. The number of benzene rings is 3. The fourth-order valence-corrected chi connectivity index (χ4v) is 4.13. The maximum atomic E-state index is 13.2. The molecule has 0 fully saturated rings. The fraction of sp³-hybridized carbons (Fsp3) is 0.136. The number of carboxylic acids is 1.